The smallest absolute Gasteiger partial charge is 0.147 e. The minimum absolute atomic E-state index is 0.218. The summed E-state index contributed by atoms with van der Waals surface area (Å²) >= 11 is 3.37. The summed E-state index contributed by atoms with van der Waals surface area (Å²) < 4.78 is 15.7. The largest absolute Gasteiger partial charge is 0.301 e. The summed E-state index contributed by atoms with van der Waals surface area (Å²) in [5.41, 5.74) is 1.52. The summed E-state index contributed by atoms with van der Waals surface area (Å²) in [5, 5.41) is 0.626. The van der Waals surface area contributed by atoms with Gasteiger partial charge in [0.1, 0.15) is 11.6 Å². The molecule has 0 unspecified atom stereocenters. The molecule has 0 aliphatic heterocycles. The molecule has 4 heteroatoms. The molecule has 0 atom stereocenters. The molecule has 0 saturated heterocycles. The van der Waals surface area contributed by atoms with Gasteiger partial charge in [0.15, 0.2) is 0 Å². The minimum Gasteiger partial charge on any atom is -0.301 e. The molecule has 2 rings (SSSR count). The second-order valence-corrected chi connectivity index (χ2v) is 4.01. The predicted molar refractivity (Wildman–Crippen MR) is 65.5 cm³/mol. The van der Waals surface area contributed by atoms with Crippen LogP contribution in [0.3, 0.4) is 0 Å². The number of benzene rings is 1. The first-order valence-electron chi connectivity index (χ1n) is 5.14. The molecule has 0 fully saturated rings. The molecule has 0 amide bonds. The molecule has 16 heavy (non-hydrogen) atoms. The molecule has 0 aliphatic rings. The Morgan fingerprint density at radius 2 is 2.25 bits per heavy atom. The Balaban J connectivity index is 2.63. The molecule has 0 N–H and O–H groups in total. The van der Waals surface area contributed by atoms with Crippen molar-refractivity contribution in [3.05, 3.63) is 47.8 Å². The first kappa shape index (κ1) is 11.3. The summed E-state index contributed by atoms with van der Waals surface area (Å²) in [6, 6.07) is 5.10. The van der Waals surface area contributed by atoms with Crippen molar-refractivity contribution >= 4 is 15.9 Å². The van der Waals surface area contributed by atoms with Crippen LogP contribution in [0.25, 0.3) is 5.69 Å². The van der Waals surface area contributed by atoms with Crippen LogP contribution in [0.4, 0.5) is 4.39 Å². The maximum atomic E-state index is 13.8. The Morgan fingerprint density at radius 1 is 1.44 bits per heavy atom. The highest BCUT2D eigenvalue weighted by Gasteiger charge is 2.12. The van der Waals surface area contributed by atoms with Crippen LogP contribution < -0.4 is 0 Å². The molecule has 0 radical (unpaired) electrons. The van der Waals surface area contributed by atoms with Gasteiger partial charge in [-0.15, -0.1) is 0 Å². The Hall–Kier alpha value is -1.16. The quantitative estimate of drug-likeness (QED) is 0.789. The number of para-hydroxylation sites is 1. The van der Waals surface area contributed by atoms with Crippen molar-refractivity contribution in [3.63, 3.8) is 0 Å². The number of nitrogens with zero attached hydrogens (tertiary/aromatic N) is 2. The van der Waals surface area contributed by atoms with Crippen LogP contribution in [0.5, 0.6) is 0 Å². The summed E-state index contributed by atoms with van der Waals surface area (Å²) in [7, 11) is 0. The lowest BCUT2D eigenvalue weighted by atomic mass is 10.2. The van der Waals surface area contributed by atoms with E-state index in [0.29, 0.717) is 11.0 Å². The SMILES string of the molecule is CCc1nccn1-c1c(F)cccc1CBr. The van der Waals surface area contributed by atoms with Gasteiger partial charge < -0.3 is 4.57 Å². The van der Waals surface area contributed by atoms with Crippen molar-refractivity contribution in [2.24, 2.45) is 0 Å². The zero-order valence-electron chi connectivity index (χ0n) is 8.95. The van der Waals surface area contributed by atoms with E-state index in [1.807, 2.05) is 17.6 Å². The summed E-state index contributed by atoms with van der Waals surface area (Å²) in [6.07, 6.45) is 4.27. The third kappa shape index (κ3) is 1.89. The Kier molecular flexibility index (Phi) is 3.39. The lowest BCUT2D eigenvalue weighted by Gasteiger charge is -2.11. The molecule has 0 spiro atoms. The van der Waals surface area contributed by atoms with Crippen molar-refractivity contribution in [1.82, 2.24) is 9.55 Å². The van der Waals surface area contributed by atoms with E-state index in [1.54, 1.807) is 18.5 Å². The highest BCUT2D eigenvalue weighted by atomic mass is 79.9. The van der Waals surface area contributed by atoms with Gasteiger partial charge in [-0.25, -0.2) is 9.37 Å². The van der Waals surface area contributed by atoms with Crippen molar-refractivity contribution in [2.75, 3.05) is 0 Å². The highest BCUT2D eigenvalue weighted by molar-refractivity contribution is 9.08. The molecule has 1 aromatic carbocycles. The number of aromatic nitrogens is 2. The Labute approximate surface area is 102 Å². The number of rotatable bonds is 3. The molecule has 0 bridgehead atoms. The topological polar surface area (TPSA) is 17.8 Å². The second-order valence-electron chi connectivity index (χ2n) is 3.45. The van der Waals surface area contributed by atoms with Crippen LogP contribution in [0.2, 0.25) is 0 Å². The van der Waals surface area contributed by atoms with Crippen molar-refractivity contribution < 1.29 is 4.39 Å². The number of hydrogen-bond donors (Lipinski definition) is 0. The number of halogens is 2. The molecule has 1 aromatic heterocycles. The lowest BCUT2D eigenvalue weighted by Crippen LogP contribution is -2.04. The van der Waals surface area contributed by atoms with Crippen LogP contribution in [0.1, 0.15) is 18.3 Å². The number of alkyl halides is 1. The average molecular weight is 283 g/mol. The molecular weight excluding hydrogens is 271 g/mol. The van der Waals surface area contributed by atoms with E-state index in [4.69, 9.17) is 0 Å². The van der Waals surface area contributed by atoms with E-state index in [-0.39, 0.29) is 5.82 Å². The third-order valence-electron chi connectivity index (χ3n) is 2.49. The van der Waals surface area contributed by atoms with Gasteiger partial charge in [-0.05, 0) is 11.6 Å². The summed E-state index contributed by atoms with van der Waals surface area (Å²) in [5.74, 6) is 0.650. The van der Waals surface area contributed by atoms with Crippen LogP contribution >= 0.6 is 15.9 Å². The second kappa shape index (κ2) is 4.78. The van der Waals surface area contributed by atoms with E-state index in [9.17, 15) is 4.39 Å². The summed E-state index contributed by atoms with van der Waals surface area (Å²) in [6.45, 7) is 2.01. The van der Waals surface area contributed by atoms with Gasteiger partial charge in [0.05, 0.1) is 5.69 Å². The molecule has 1 heterocycles. The van der Waals surface area contributed by atoms with Crippen molar-refractivity contribution in [2.45, 2.75) is 18.7 Å². The number of hydrogen-bond acceptors (Lipinski definition) is 1. The van der Waals surface area contributed by atoms with Gasteiger partial charge >= 0.3 is 0 Å². The monoisotopic (exact) mass is 282 g/mol. The zero-order valence-corrected chi connectivity index (χ0v) is 10.5. The van der Waals surface area contributed by atoms with Gasteiger partial charge in [0.25, 0.3) is 0 Å². The molecule has 0 aliphatic carbocycles. The highest BCUT2D eigenvalue weighted by Crippen LogP contribution is 2.22. The lowest BCUT2D eigenvalue weighted by molar-refractivity contribution is 0.613. The standard InChI is InChI=1S/C12H12BrFN2/c1-2-11-15-6-7-16(11)12-9(8-13)4-3-5-10(12)14/h3-7H,2,8H2,1H3. The van der Waals surface area contributed by atoms with Gasteiger partial charge in [-0.1, -0.05) is 35.0 Å². The zero-order chi connectivity index (χ0) is 11.5. The first-order valence-corrected chi connectivity index (χ1v) is 6.26. The number of imidazole rings is 1. The molecule has 2 aromatic rings. The fourth-order valence-corrected chi connectivity index (χ4v) is 2.19. The van der Waals surface area contributed by atoms with Crippen LogP contribution in [0, 0.1) is 5.82 Å². The van der Waals surface area contributed by atoms with Crippen LogP contribution in [0.15, 0.2) is 30.6 Å². The Morgan fingerprint density at radius 3 is 2.94 bits per heavy atom. The van der Waals surface area contributed by atoms with Crippen molar-refractivity contribution in [1.29, 1.82) is 0 Å². The van der Waals surface area contributed by atoms with Crippen LogP contribution in [-0.2, 0) is 11.8 Å². The fraction of sp³-hybridized carbons (Fsp3) is 0.250. The predicted octanol–water partition coefficient (Wildman–Crippen LogP) is 3.47. The third-order valence-corrected chi connectivity index (χ3v) is 3.09. The normalized spacial score (nSPS) is 10.7. The van der Waals surface area contributed by atoms with E-state index in [1.165, 1.54) is 6.07 Å². The van der Waals surface area contributed by atoms with Gasteiger partial charge in [-0.3, -0.25) is 0 Å². The van der Waals surface area contributed by atoms with E-state index >= 15 is 0 Å². The van der Waals surface area contributed by atoms with Gasteiger partial charge in [-0.2, -0.15) is 0 Å². The van der Waals surface area contributed by atoms with E-state index in [0.717, 1.165) is 17.8 Å². The maximum Gasteiger partial charge on any atom is 0.147 e. The Bertz CT molecular complexity index is 494. The fourth-order valence-electron chi connectivity index (χ4n) is 1.74. The van der Waals surface area contributed by atoms with Crippen molar-refractivity contribution in [3.8, 4) is 5.69 Å². The van der Waals surface area contributed by atoms with Crippen LogP contribution in [-0.4, -0.2) is 9.55 Å². The van der Waals surface area contributed by atoms with Gasteiger partial charge in [0.2, 0.25) is 0 Å². The molecule has 0 saturated carbocycles. The molecule has 84 valence electrons. The first-order chi connectivity index (χ1) is 7.77. The molecule has 2 nitrogen and oxygen atoms in total. The summed E-state index contributed by atoms with van der Waals surface area (Å²) in [4.78, 5) is 4.21. The molecular formula is C12H12BrFN2. The maximum absolute atomic E-state index is 13.8. The minimum atomic E-state index is -0.218. The van der Waals surface area contributed by atoms with E-state index in [2.05, 4.69) is 20.9 Å². The number of aryl methyl sites for hydroxylation is 1. The van der Waals surface area contributed by atoms with Gasteiger partial charge in [0, 0.05) is 24.1 Å². The average Bonchev–Trinajstić information content (AvgIpc) is 2.76. The van der Waals surface area contributed by atoms with E-state index < -0.39 is 0 Å².